The van der Waals surface area contributed by atoms with Crippen molar-refractivity contribution in [1.29, 1.82) is 0 Å². The molecule has 5 heteroatoms. The van der Waals surface area contributed by atoms with Crippen molar-refractivity contribution in [3.8, 4) is 17.4 Å². The average molecular weight is 251 g/mol. The molecule has 0 amide bonds. The van der Waals surface area contributed by atoms with Crippen molar-refractivity contribution >= 4 is 11.6 Å². The number of hydrogen-bond donors (Lipinski definition) is 1. The van der Waals surface area contributed by atoms with Crippen LogP contribution in [0.3, 0.4) is 0 Å². The summed E-state index contributed by atoms with van der Waals surface area (Å²) in [6, 6.07) is 7.06. The highest BCUT2D eigenvalue weighted by Gasteiger charge is 2.11. The fourth-order valence-electron chi connectivity index (χ4n) is 1.48. The van der Waals surface area contributed by atoms with E-state index in [1.54, 1.807) is 0 Å². The number of ether oxygens (including phenoxy) is 1. The Morgan fingerprint density at radius 2 is 1.82 bits per heavy atom. The highest BCUT2D eigenvalue weighted by Crippen LogP contribution is 2.32. The Kier molecular flexibility index (Phi) is 3.15. The van der Waals surface area contributed by atoms with Crippen LogP contribution in [0.5, 0.6) is 17.4 Å². The second-order valence-electron chi connectivity index (χ2n) is 3.68. The second kappa shape index (κ2) is 4.59. The van der Waals surface area contributed by atoms with E-state index in [9.17, 15) is 5.11 Å². The number of para-hydroxylation sites is 1. The van der Waals surface area contributed by atoms with Gasteiger partial charge in [-0.25, -0.2) is 0 Å². The minimum Gasteiger partial charge on any atom is -0.503 e. The van der Waals surface area contributed by atoms with Crippen LogP contribution in [-0.4, -0.2) is 15.3 Å². The molecule has 0 radical (unpaired) electrons. The highest BCUT2D eigenvalue weighted by molar-refractivity contribution is 6.29. The zero-order valence-electron chi connectivity index (χ0n) is 9.44. The summed E-state index contributed by atoms with van der Waals surface area (Å²) in [5.41, 5.74) is 1.92. The molecule has 2 aromatic rings. The molecule has 0 unspecified atom stereocenters. The first kappa shape index (κ1) is 11.7. The number of hydrogen-bond acceptors (Lipinski definition) is 4. The van der Waals surface area contributed by atoms with Gasteiger partial charge in [-0.3, -0.25) is 0 Å². The molecule has 17 heavy (non-hydrogen) atoms. The van der Waals surface area contributed by atoms with Crippen molar-refractivity contribution < 1.29 is 9.84 Å². The van der Waals surface area contributed by atoms with Crippen LogP contribution in [-0.2, 0) is 0 Å². The third kappa shape index (κ3) is 2.47. The molecule has 0 saturated carbocycles. The van der Waals surface area contributed by atoms with E-state index in [0.717, 1.165) is 11.1 Å². The topological polar surface area (TPSA) is 55.2 Å². The van der Waals surface area contributed by atoms with Crippen molar-refractivity contribution in [2.24, 2.45) is 0 Å². The summed E-state index contributed by atoms with van der Waals surface area (Å²) in [5, 5.41) is 17.1. The van der Waals surface area contributed by atoms with E-state index in [-0.39, 0.29) is 16.8 Å². The molecule has 0 spiro atoms. The van der Waals surface area contributed by atoms with Crippen molar-refractivity contribution in [2.45, 2.75) is 13.8 Å². The maximum Gasteiger partial charge on any atom is 0.281 e. The van der Waals surface area contributed by atoms with Gasteiger partial charge in [-0.05, 0) is 25.0 Å². The predicted molar refractivity (Wildman–Crippen MR) is 64.7 cm³/mol. The van der Waals surface area contributed by atoms with Gasteiger partial charge in [0.2, 0.25) is 0 Å². The highest BCUT2D eigenvalue weighted by atomic mass is 35.5. The molecular formula is C12H11ClN2O2. The molecule has 0 bridgehead atoms. The van der Waals surface area contributed by atoms with E-state index in [4.69, 9.17) is 16.3 Å². The van der Waals surface area contributed by atoms with Gasteiger partial charge in [-0.1, -0.05) is 29.8 Å². The molecule has 0 aliphatic carbocycles. The Bertz CT molecular complexity index is 538. The quantitative estimate of drug-likeness (QED) is 0.889. The average Bonchev–Trinajstić information content (AvgIpc) is 2.26. The molecule has 0 aliphatic heterocycles. The molecule has 0 atom stereocenters. The normalized spacial score (nSPS) is 10.3. The Balaban J connectivity index is 2.38. The molecule has 1 heterocycles. The van der Waals surface area contributed by atoms with Gasteiger partial charge in [0.1, 0.15) is 5.75 Å². The van der Waals surface area contributed by atoms with Gasteiger partial charge in [0.25, 0.3) is 5.88 Å². The van der Waals surface area contributed by atoms with Crippen LogP contribution in [0.1, 0.15) is 11.1 Å². The van der Waals surface area contributed by atoms with Gasteiger partial charge in [-0.2, -0.15) is 0 Å². The van der Waals surface area contributed by atoms with E-state index >= 15 is 0 Å². The molecule has 88 valence electrons. The molecule has 4 nitrogen and oxygen atoms in total. The Hall–Kier alpha value is -1.81. The van der Waals surface area contributed by atoms with Crippen molar-refractivity contribution in [3.05, 3.63) is 40.5 Å². The number of nitrogens with zero attached hydrogens (tertiary/aromatic N) is 2. The molecule has 0 aliphatic rings. The maximum absolute atomic E-state index is 9.62. The maximum atomic E-state index is 9.62. The number of aromatic hydroxyl groups is 1. The van der Waals surface area contributed by atoms with E-state index in [2.05, 4.69) is 10.2 Å². The smallest absolute Gasteiger partial charge is 0.281 e. The molecule has 1 aromatic heterocycles. The summed E-state index contributed by atoms with van der Waals surface area (Å²) in [5.74, 6) is 0.582. The first-order valence-electron chi connectivity index (χ1n) is 5.04. The number of benzene rings is 1. The molecular weight excluding hydrogens is 240 g/mol. The minimum absolute atomic E-state index is 0.0480. The van der Waals surface area contributed by atoms with Crippen LogP contribution in [0, 0.1) is 13.8 Å². The molecule has 0 saturated heterocycles. The number of halogens is 1. The zero-order valence-corrected chi connectivity index (χ0v) is 10.2. The van der Waals surface area contributed by atoms with E-state index < -0.39 is 0 Å². The fourth-order valence-corrected chi connectivity index (χ4v) is 1.62. The van der Waals surface area contributed by atoms with Crippen molar-refractivity contribution in [1.82, 2.24) is 10.2 Å². The largest absolute Gasteiger partial charge is 0.503 e. The summed E-state index contributed by atoms with van der Waals surface area (Å²) in [6.45, 7) is 3.84. The molecule has 0 fully saturated rings. The Morgan fingerprint density at radius 3 is 2.41 bits per heavy atom. The summed E-state index contributed by atoms with van der Waals surface area (Å²) >= 11 is 5.59. The van der Waals surface area contributed by atoms with Crippen molar-refractivity contribution in [2.75, 3.05) is 0 Å². The summed E-state index contributed by atoms with van der Waals surface area (Å²) in [6.07, 6.45) is 0. The number of rotatable bonds is 2. The third-order valence-electron chi connectivity index (χ3n) is 2.32. The van der Waals surface area contributed by atoms with Gasteiger partial charge < -0.3 is 9.84 Å². The number of aromatic nitrogens is 2. The Labute approximate surface area is 104 Å². The van der Waals surface area contributed by atoms with Gasteiger partial charge in [0.05, 0.1) is 0 Å². The fraction of sp³-hybridized carbons (Fsp3) is 0.167. The van der Waals surface area contributed by atoms with Crippen LogP contribution >= 0.6 is 11.6 Å². The van der Waals surface area contributed by atoms with Gasteiger partial charge in [-0.15, -0.1) is 10.2 Å². The zero-order chi connectivity index (χ0) is 12.4. The lowest BCUT2D eigenvalue weighted by Gasteiger charge is -2.10. The first-order valence-corrected chi connectivity index (χ1v) is 5.42. The molecule has 2 rings (SSSR count). The molecule has 1 aromatic carbocycles. The van der Waals surface area contributed by atoms with Gasteiger partial charge in [0, 0.05) is 6.07 Å². The van der Waals surface area contributed by atoms with Crippen LogP contribution in [0.4, 0.5) is 0 Å². The minimum atomic E-state index is -0.132. The standard InChI is InChI=1S/C12H11ClN2O2/c1-7-4-3-5-8(2)11(7)17-12-9(16)6-10(13)14-15-12/h3-6H,1-2H3,(H,14,16). The third-order valence-corrected chi connectivity index (χ3v) is 2.50. The summed E-state index contributed by atoms with van der Waals surface area (Å²) in [4.78, 5) is 0. The van der Waals surface area contributed by atoms with E-state index in [1.165, 1.54) is 6.07 Å². The monoisotopic (exact) mass is 250 g/mol. The first-order chi connectivity index (χ1) is 8.08. The van der Waals surface area contributed by atoms with Gasteiger partial charge >= 0.3 is 0 Å². The summed E-state index contributed by atoms with van der Waals surface area (Å²) in [7, 11) is 0. The van der Waals surface area contributed by atoms with Crippen molar-refractivity contribution in [3.63, 3.8) is 0 Å². The van der Waals surface area contributed by atoms with Gasteiger partial charge in [0.15, 0.2) is 10.9 Å². The lowest BCUT2D eigenvalue weighted by Crippen LogP contribution is -1.95. The Morgan fingerprint density at radius 1 is 1.18 bits per heavy atom. The lowest BCUT2D eigenvalue weighted by molar-refractivity contribution is 0.389. The second-order valence-corrected chi connectivity index (χ2v) is 4.07. The van der Waals surface area contributed by atoms with Crippen LogP contribution < -0.4 is 4.74 Å². The van der Waals surface area contributed by atoms with Crippen LogP contribution in [0.25, 0.3) is 0 Å². The van der Waals surface area contributed by atoms with Crippen LogP contribution in [0.2, 0.25) is 5.15 Å². The summed E-state index contributed by atoms with van der Waals surface area (Å²) < 4.78 is 5.54. The molecule has 1 N–H and O–H groups in total. The number of aryl methyl sites for hydroxylation is 2. The SMILES string of the molecule is Cc1cccc(C)c1Oc1nnc(Cl)cc1O. The lowest BCUT2D eigenvalue weighted by atomic mass is 10.1. The van der Waals surface area contributed by atoms with E-state index in [1.807, 2.05) is 32.0 Å². The van der Waals surface area contributed by atoms with Crippen LogP contribution in [0.15, 0.2) is 24.3 Å². The predicted octanol–water partition coefficient (Wildman–Crippen LogP) is 3.24. The van der Waals surface area contributed by atoms with E-state index in [0.29, 0.717) is 5.75 Å².